The zero-order chi connectivity index (χ0) is 21.7. The minimum Gasteiger partial charge on any atom is -0.309 e. The van der Waals surface area contributed by atoms with E-state index in [2.05, 4.69) is 53.1 Å². The van der Waals surface area contributed by atoms with Gasteiger partial charge in [0.1, 0.15) is 0 Å². The molecule has 0 aliphatic rings. The topological polar surface area (TPSA) is 48.1 Å². The zero-order valence-electron chi connectivity index (χ0n) is 17.1. The maximum atomic E-state index is 11.8. The average molecular weight is 414 g/mol. The molecule has 5 aromatic carbocycles. The summed E-state index contributed by atoms with van der Waals surface area (Å²) in [5.41, 5.74) is 4.64. The van der Waals surface area contributed by atoms with Crippen LogP contribution >= 0.6 is 0 Å². The van der Waals surface area contributed by atoms with Crippen LogP contribution in [0.5, 0.6) is 0 Å². The van der Waals surface area contributed by atoms with E-state index in [1.807, 2.05) is 48.5 Å². The van der Waals surface area contributed by atoms with Gasteiger partial charge in [-0.2, -0.15) is 0 Å². The highest BCUT2D eigenvalue weighted by atomic mass is 16.6. The summed E-state index contributed by atoms with van der Waals surface area (Å²) in [5.74, 6) is 0. The lowest BCUT2D eigenvalue weighted by molar-refractivity contribution is -0.384. The van der Waals surface area contributed by atoms with E-state index in [0.717, 1.165) is 33.1 Å². The van der Waals surface area contributed by atoms with Crippen molar-refractivity contribution in [2.24, 2.45) is 0 Å². The van der Waals surface area contributed by atoms with Gasteiger partial charge in [-0.25, -0.2) is 0 Å². The van der Waals surface area contributed by atoms with Crippen LogP contribution in [0.1, 0.15) is 0 Å². The summed E-state index contributed by atoms with van der Waals surface area (Å²) in [4.78, 5) is 11.5. The predicted molar refractivity (Wildman–Crippen MR) is 130 cm³/mol. The van der Waals surface area contributed by atoms with Crippen LogP contribution in [0.2, 0.25) is 0 Å². The molecule has 152 valence electrons. The van der Waals surface area contributed by atoms with Crippen molar-refractivity contribution in [1.29, 1.82) is 0 Å². The van der Waals surface area contributed by atoms with Gasteiger partial charge in [0, 0.05) is 28.1 Å². The number of para-hydroxylation sites is 3. The van der Waals surface area contributed by atoms with Crippen molar-refractivity contribution in [3.63, 3.8) is 0 Å². The molecule has 1 aromatic heterocycles. The van der Waals surface area contributed by atoms with Crippen LogP contribution in [0.3, 0.4) is 0 Å². The first kappa shape index (κ1) is 18.3. The molecule has 0 saturated heterocycles. The summed E-state index contributed by atoms with van der Waals surface area (Å²) < 4.78 is 2.23. The summed E-state index contributed by atoms with van der Waals surface area (Å²) >= 11 is 0. The highest BCUT2D eigenvalue weighted by molar-refractivity contribution is 6.23. The van der Waals surface area contributed by atoms with Gasteiger partial charge in [-0.3, -0.25) is 10.1 Å². The van der Waals surface area contributed by atoms with Crippen LogP contribution in [-0.4, -0.2) is 9.49 Å². The summed E-state index contributed by atoms with van der Waals surface area (Å²) in [6.07, 6.45) is 0. The van der Waals surface area contributed by atoms with E-state index in [9.17, 15) is 10.1 Å². The fourth-order valence-corrected chi connectivity index (χ4v) is 4.76. The number of rotatable bonds is 3. The van der Waals surface area contributed by atoms with Crippen LogP contribution in [0.15, 0.2) is 109 Å². The van der Waals surface area contributed by atoms with Gasteiger partial charge in [-0.05, 0) is 35.0 Å². The van der Waals surface area contributed by atoms with Crippen molar-refractivity contribution >= 4 is 38.3 Å². The molecule has 6 rings (SSSR count). The first-order valence-electron chi connectivity index (χ1n) is 10.5. The highest BCUT2D eigenvalue weighted by Gasteiger charge is 2.22. The Balaban J connectivity index is 1.86. The molecule has 0 spiro atoms. The number of aromatic nitrogens is 1. The molecule has 0 fully saturated rings. The van der Waals surface area contributed by atoms with Crippen LogP contribution in [0, 0.1) is 10.1 Å². The van der Waals surface area contributed by atoms with Crippen molar-refractivity contribution in [1.82, 2.24) is 4.57 Å². The Kier molecular flexibility index (Phi) is 4.05. The lowest BCUT2D eigenvalue weighted by Gasteiger charge is -2.12. The fraction of sp³-hybridized carbons (Fsp3) is 0. The predicted octanol–water partition coefficient (Wildman–Crippen LogP) is 7.51. The first-order valence-corrected chi connectivity index (χ1v) is 10.5. The highest BCUT2D eigenvalue weighted by Crippen LogP contribution is 2.42. The lowest BCUT2D eigenvalue weighted by atomic mass is 9.99. The van der Waals surface area contributed by atoms with Crippen molar-refractivity contribution in [2.45, 2.75) is 0 Å². The van der Waals surface area contributed by atoms with Gasteiger partial charge >= 0.3 is 0 Å². The van der Waals surface area contributed by atoms with Gasteiger partial charge in [0.2, 0.25) is 0 Å². The van der Waals surface area contributed by atoms with Gasteiger partial charge in [0.05, 0.1) is 21.5 Å². The van der Waals surface area contributed by atoms with E-state index in [1.54, 1.807) is 12.1 Å². The molecule has 0 saturated carbocycles. The van der Waals surface area contributed by atoms with Crippen molar-refractivity contribution in [3.8, 4) is 16.8 Å². The molecular weight excluding hydrogens is 396 g/mol. The number of nitro benzene ring substituents is 1. The first-order chi connectivity index (χ1) is 15.7. The Morgan fingerprint density at radius 2 is 1.31 bits per heavy atom. The SMILES string of the molecule is O=[N+]([O-])c1ccccc1-c1cccc2c3c4ccccc4ccc3n(-c3ccccc3)c12. The van der Waals surface area contributed by atoms with Gasteiger partial charge in [0.15, 0.2) is 0 Å². The van der Waals surface area contributed by atoms with Crippen LogP contribution in [0.4, 0.5) is 5.69 Å². The zero-order valence-corrected chi connectivity index (χ0v) is 17.1. The third-order valence-corrected chi connectivity index (χ3v) is 6.08. The second kappa shape index (κ2) is 7.06. The summed E-state index contributed by atoms with van der Waals surface area (Å²) in [5, 5.41) is 16.4. The second-order valence-corrected chi connectivity index (χ2v) is 7.83. The molecule has 0 radical (unpaired) electrons. The standard InChI is InChI=1S/C28H18N2O2/c31-30(32)25-16-7-6-13-22(25)23-14-8-15-24-27-21-12-5-4-9-19(21)17-18-26(27)29(28(23)24)20-10-2-1-3-11-20/h1-18H. The van der Waals surface area contributed by atoms with Gasteiger partial charge in [-0.15, -0.1) is 0 Å². The van der Waals surface area contributed by atoms with E-state index in [0.29, 0.717) is 5.56 Å². The smallest absolute Gasteiger partial charge is 0.277 e. The molecule has 1 heterocycles. The molecule has 0 unspecified atom stereocenters. The average Bonchev–Trinajstić information content (AvgIpc) is 3.19. The Hall–Kier alpha value is -4.44. The maximum absolute atomic E-state index is 11.8. The van der Waals surface area contributed by atoms with Crippen LogP contribution < -0.4 is 0 Å². The van der Waals surface area contributed by atoms with E-state index < -0.39 is 0 Å². The number of benzene rings is 5. The molecule has 0 amide bonds. The van der Waals surface area contributed by atoms with Crippen molar-refractivity contribution in [3.05, 3.63) is 119 Å². The third-order valence-electron chi connectivity index (χ3n) is 6.08. The molecule has 4 heteroatoms. The Bertz CT molecular complexity index is 1650. The van der Waals surface area contributed by atoms with Crippen LogP contribution in [-0.2, 0) is 0 Å². The number of fused-ring (bicyclic) bond motifs is 5. The quantitative estimate of drug-likeness (QED) is 0.222. The molecule has 6 aromatic rings. The summed E-state index contributed by atoms with van der Waals surface area (Å²) in [7, 11) is 0. The number of nitro groups is 1. The summed E-state index contributed by atoms with van der Waals surface area (Å²) in [6.45, 7) is 0. The van der Waals surface area contributed by atoms with E-state index in [4.69, 9.17) is 0 Å². The number of hydrogen-bond acceptors (Lipinski definition) is 2. The van der Waals surface area contributed by atoms with Gasteiger partial charge in [-0.1, -0.05) is 78.9 Å². The largest absolute Gasteiger partial charge is 0.309 e. The Morgan fingerprint density at radius 1 is 0.625 bits per heavy atom. The fourth-order valence-electron chi connectivity index (χ4n) is 4.76. The van der Waals surface area contributed by atoms with Gasteiger partial charge in [0.25, 0.3) is 5.69 Å². The van der Waals surface area contributed by atoms with E-state index in [1.165, 1.54) is 10.8 Å². The molecule has 32 heavy (non-hydrogen) atoms. The molecular formula is C28H18N2O2. The number of hydrogen-bond donors (Lipinski definition) is 0. The second-order valence-electron chi connectivity index (χ2n) is 7.83. The van der Waals surface area contributed by atoms with E-state index in [-0.39, 0.29) is 10.6 Å². The van der Waals surface area contributed by atoms with Crippen LogP contribution in [0.25, 0.3) is 49.4 Å². The van der Waals surface area contributed by atoms with Crippen molar-refractivity contribution < 1.29 is 4.92 Å². The minimum atomic E-state index is -0.306. The number of nitrogens with zero attached hydrogens (tertiary/aromatic N) is 2. The maximum Gasteiger partial charge on any atom is 0.277 e. The molecule has 0 N–H and O–H groups in total. The van der Waals surface area contributed by atoms with Crippen molar-refractivity contribution in [2.75, 3.05) is 0 Å². The van der Waals surface area contributed by atoms with Gasteiger partial charge < -0.3 is 4.57 Å². The third kappa shape index (κ3) is 2.63. The Morgan fingerprint density at radius 3 is 2.16 bits per heavy atom. The monoisotopic (exact) mass is 414 g/mol. The molecule has 0 atom stereocenters. The Labute approximate surface area is 184 Å². The molecule has 0 bridgehead atoms. The minimum absolute atomic E-state index is 0.106. The summed E-state index contributed by atoms with van der Waals surface area (Å²) in [6, 6.07) is 35.9. The van der Waals surface area contributed by atoms with E-state index >= 15 is 0 Å². The molecule has 4 nitrogen and oxygen atoms in total. The normalized spacial score (nSPS) is 11.4. The lowest BCUT2D eigenvalue weighted by Crippen LogP contribution is -1.97. The molecule has 0 aliphatic carbocycles. The molecule has 0 aliphatic heterocycles.